The van der Waals surface area contributed by atoms with Gasteiger partial charge in [-0.25, -0.2) is 9.79 Å². The number of carbonyl (C=O) groups is 1. The molecule has 1 saturated heterocycles. The normalized spacial score (nSPS) is 21.4. The maximum absolute atomic E-state index is 12.4. The van der Waals surface area contributed by atoms with Gasteiger partial charge in [0.2, 0.25) is 0 Å². The summed E-state index contributed by atoms with van der Waals surface area (Å²) in [7, 11) is 0. The second kappa shape index (κ2) is 10.4. The second-order valence-corrected chi connectivity index (χ2v) is 8.85. The summed E-state index contributed by atoms with van der Waals surface area (Å²) < 4.78 is 5.52. The van der Waals surface area contributed by atoms with E-state index in [1.807, 2.05) is 30.3 Å². The number of fused-ring (bicyclic) bond motifs is 1. The van der Waals surface area contributed by atoms with Crippen molar-refractivity contribution in [3.63, 3.8) is 0 Å². The number of hydrogen-bond donors (Lipinski definition) is 5. The molecule has 2 amide bonds. The van der Waals surface area contributed by atoms with Gasteiger partial charge >= 0.3 is 6.03 Å². The van der Waals surface area contributed by atoms with Crippen molar-refractivity contribution in [2.24, 2.45) is 4.99 Å². The number of nitrogens with zero attached hydrogens (tertiary/aromatic N) is 2. The lowest BCUT2D eigenvalue weighted by molar-refractivity contribution is 0.0661. The van der Waals surface area contributed by atoms with Gasteiger partial charge in [-0.15, -0.1) is 0 Å². The Labute approximate surface area is 208 Å². The Balaban J connectivity index is 1.29. The number of nitrogens with one attached hydrogen (secondary N) is 4. The van der Waals surface area contributed by atoms with E-state index in [1.54, 1.807) is 30.5 Å². The number of halogens is 1. The Kier molecular flexibility index (Phi) is 6.89. The van der Waals surface area contributed by atoms with Gasteiger partial charge in [-0.05, 0) is 41.5 Å². The molecule has 0 radical (unpaired) electrons. The van der Waals surface area contributed by atoms with Crippen molar-refractivity contribution in [1.29, 1.82) is 0 Å². The molecule has 0 aromatic heterocycles. The minimum atomic E-state index is -0.347. The van der Waals surface area contributed by atoms with Crippen LogP contribution in [0.5, 0.6) is 0 Å². The van der Waals surface area contributed by atoms with Crippen LogP contribution in [0.1, 0.15) is 17.3 Å². The molecule has 9 nitrogen and oxygen atoms in total. The maximum atomic E-state index is 12.4. The summed E-state index contributed by atoms with van der Waals surface area (Å²) in [5, 5.41) is 22.2. The molecule has 5 N–H and O–H groups in total. The van der Waals surface area contributed by atoms with E-state index in [0.29, 0.717) is 29.6 Å². The monoisotopic (exact) mass is 494 g/mol. The zero-order chi connectivity index (χ0) is 24.2. The van der Waals surface area contributed by atoms with Gasteiger partial charge in [0.25, 0.3) is 0 Å². The van der Waals surface area contributed by atoms with Crippen LogP contribution >= 0.6 is 11.6 Å². The molecule has 2 unspecified atom stereocenters. The molecule has 35 heavy (non-hydrogen) atoms. The minimum Gasteiger partial charge on any atom is -0.392 e. The van der Waals surface area contributed by atoms with Crippen LogP contribution in [-0.2, 0) is 11.3 Å². The van der Waals surface area contributed by atoms with E-state index < -0.39 is 0 Å². The zero-order valence-electron chi connectivity index (χ0n) is 19.0. The van der Waals surface area contributed by atoms with Crippen LogP contribution in [0.15, 0.2) is 76.5 Å². The number of amidine groups is 1. The highest BCUT2D eigenvalue weighted by molar-refractivity contribution is 6.31. The SMILES string of the molecule is O=C(Nc1ccc(CO)cc1)Nc1ccc(C2N=C(N3CCOCC3)C3NC=C(Cl)C=C3N2)cc1. The topological polar surface area (TPSA) is 110 Å². The van der Waals surface area contributed by atoms with Gasteiger partial charge in [-0.3, -0.25) is 0 Å². The van der Waals surface area contributed by atoms with E-state index in [9.17, 15) is 4.79 Å². The van der Waals surface area contributed by atoms with Gasteiger partial charge in [-0.2, -0.15) is 0 Å². The van der Waals surface area contributed by atoms with Gasteiger partial charge in [0, 0.05) is 36.4 Å². The number of anilines is 2. The first-order valence-corrected chi connectivity index (χ1v) is 11.8. The largest absolute Gasteiger partial charge is 0.392 e. The Morgan fingerprint density at radius 1 is 1.09 bits per heavy atom. The predicted octanol–water partition coefficient (Wildman–Crippen LogP) is 3.09. The highest BCUT2D eigenvalue weighted by Gasteiger charge is 2.34. The number of morpholine rings is 1. The zero-order valence-corrected chi connectivity index (χ0v) is 19.8. The Hall–Kier alpha value is -3.53. The molecule has 0 saturated carbocycles. The number of rotatable bonds is 4. The number of dihydropyridines is 1. The first kappa shape index (κ1) is 23.2. The molecule has 0 bridgehead atoms. The summed E-state index contributed by atoms with van der Waals surface area (Å²) in [6.07, 6.45) is 3.44. The van der Waals surface area contributed by atoms with Crippen LogP contribution in [0.2, 0.25) is 0 Å². The Bertz CT molecular complexity index is 1160. The number of aliphatic imine (C=N–C) groups is 1. The second-order valence-electron chi connectivity index (χ2n) is 8.42. The number of ether oxygens (including phenoxy) is 1. The van der Waals surface area contributed by atoms with Crippen LogP contribution in [0.4, 0.5) is 16.2 Å². The number of amides is 2. The van der Waals surface area contributed by atoms with Crippen molar-refractivity contribution < 1.29 is 14.6 Å². The smallest absolute Gasteiger partial charge is 0.323 e. The summed E-state index contributed by atoms with van der Waals surface area (Å²) >= 11 is 6.26. The number of carbonyl (C=O) groups excluding carboxylic acids is 1. The molecule has 5 rings (SSSR count). The lowest BCUT2D eigenvalue weighted by Gasteiger charge is -2.40. The van der Waals surface area contributed by atoms with Gasteiger partial charge in [-0.1, -0.05) is 35.9 Å². The predicted molar refractivity (Wildman–Crippen MR) is 136 cm³/mol. The van der Waals surface area contributed by atoms with Crippen molar-refractivity contribution in [2.45, 2.75) is 18.8 Å². The number of allylic oxidation sites excluding steroid dienone is 2. The van der Waals surface area contributed by atoms with Crippen molar-refractivity contribution in [1.82, 2.24) is 15.5 Å². The molecule has 2 aromatic rings. The van der Waals surface area contributed by atoms with E-state index in [1.165, 1.54) is 0 Å². The van der Waals surface area contributed by atoms with E-state index in [4.69, 9.17) is 26.4 Å². The third kappa shape index (κ3) is 5.43. The van der Waals surface area contributed by atoms with E-state index >= 15 is 0 Å². The van der Waals surface area contributed by atoms with Crippen molar-refractivity contribution in [2.75, 3.05) is 36.9 Å². The third-order valence-electron chi connectivity index (χ3n) is 6.03. The fourth-order valence-electron chi connectivity index (χ4n) is 4.21. The molecule has 3 aliphatic rings. The Morgan fingerprint density at radius 3 is 2.40 bits per heavy atom. The van der Waals surface area contributed by atoms with E-state index in [2.05, 4.69) is 26.2 Å². The van der Waals surface area contributed by atoms with Gasteiger partial charge in [0.15, 0.2) is 0 Å². The summed E-state index contributed by atoms with van der Waals surface area (Å²) in [6, 6.07) is 14.2. The van der Waals surface area contributed by atoms with Gasteiger partial charge < -0.3 is 36.0 Å². The third-order valence-corrected chi connectivity index (χ3v) is 6.25. The summed E-state index contributed by atoms with van der Waals surface area (Å²) in [5.41, 5.74) is 4.02. The number of hydrogen-bond acceptors (Lipinski definition) is 7. The quantitative estimate of drug-likeness (QED) is 0.447. The van der Waals surface area contributed by atoms with Crippen molar-refractivity contribution in [3.8, 4) is 0 Å². The lowest BCUT2D eigenvalue weighted by atomic mass is 10.0. The van der Waals surface area contributed by atoms with E-state index in [0.717, 1.165) is 35.7 Å². The molecule has 2 atom stereocenters. The van der Waals surface area contributed by atoms with Gasteiger partial charge in [0.1, 0.15) is 18.0 Å². The highest BCUT2D eigenvalue weighted by Crippen LogP contribution is 2.28. The lowest BCUT2D eigenvalue weighted by Crippen LogP contribution is -2.55. The number of urea groups is 1. The molecule has 0 aliphatic carbocycles. The molecule has 182 valence electrons. The fourth-order valence-corrected chi connectivity index (χ4v) is 4.39. The van der Waals surface area contributed by atoms with Crippen molar-refractivity contribution >= 4 is 34.8 Å². The minimum absolute atomic E-state index is 0.0369. The molecular formula is C25H27ClN6O3. The van der Waals surface area contributed by atoms with Crippen LogP contribution in [0, 0.1) is 0 Å². The van der Waals surface area contributed by atoms with Crippen LogP contribution in [-0.4, -0.2) is 54.2 Å². The van der Waals surface area contributed by atoms with Crippen LogP contribution in [0.25, 0.3) is 0 Å². The molecule has 10 heteroatoms. The number of aliphatic hydroxyl groups is 1. The van der Waals surface area contributed by atoms with Crippen LogP contribution in [0.3, 0.4) is 0 Å². The summed E-state index contributed by atoms with van der Waals surface area (Å²) in [6.45, 7) is 2.89. The van der Waals surface area contributed by atoms with E-state index in [-0.39, 0.29) is 24.8 Å². The molecule has 2 aromatic carbocycles. The summed E-state index contributed by atoms with van der Waals surface area (Å²) in [4.78, 5) is 19.7. The highest BCUT2D eigenvalue weighted by atomic mass is 35.5. The molecule has 3 heterocycles. The standard InChI is InChI=1S/C25H27ClN6O3/c26-18-13-21-22(27-14-18)24(32-9-11-35-12-10-32)31-23(30-21)17-3-7-20(8-4-17)29-25(34)28-19-5-1-16(15-33)2-6-19/h1-8,13-14,22-23,27,30,33H,9-12,15H2,(H2,28,29,34). The average Bonchev–Trinajstić information content (AvgIpc) is 2.89. The van der Waals surface area contributed by atoms with Crippen molar-refractivity contribution in [3.05, 3.63) is 82.7 Å². The number of benzene rings is 2. The summed E-state index contributed by atoms with van der Waals surface area (Å²) in [5.74, 6) is 0.956. The molecule has 3 aliphatic heterocycles. The first-order valence-electron chi connectivity index (χ1n) is 11.5. The fraction of sp³-hybridized carbons (Fsp3) is 0.280. The molecule has 1 fully saturated rings. The molecule has 0 spiro atoms. The Morgan fingerprint density at radius 2 is 1.74 bits per heavy atom. The maximum Gasteiger partial charge on any atom is 0.323 e. The average molecular weight is 495 g/mol. The first-order chi connectivity index (χ1) is 17.1. The molecular weight excluding hydrogens is 468 g/mol. The van der Waals surface area contributed by atoms with Gasteiger partial charge in [0.05, 0.1) is 24.9 Å². The number of aliphatic hydroxyl groups excluding tert-OH is 1. The van der Waals surface area contributed by atoms with Crippen LogP contribution < -0.4 is 21.3 Å².